The van der Waals surface area contributed by atoms with Crippen LogP contribution in [0, 0.1) is 11.7 Å². The van der Waals surface area contributed by atoms with Crippen molar-refractivity contribution in [1.82, 2.24) is 0 Å². The summed E-state index contributed by atoms with van der Waals surface area (Å²) in [6.07, 6.45) is 4.95. The zero-order valence-corrected chi connectivity index (χ0v) is 17.7. The predicted octanol–water partition coefficient (Wildman–Crippen LogP) is 7.05. The Bertz CT molecular complexity index is 1010. The van der Waals surface area contributed by atoms with Gasteiger partial charge in [-0.05, 0) is 60.4 Å². The normalized spacial score (nSPS) is 19.1. The molecule has 3 aromatic rings. The van der Waals surface area contributed by atoms with Crippen molar-refractivity contribution in [2.24, 2.45) is 5.92 Å². The number of aryl methyl sites for hydroxylation is 2. The first-order valence-electron chi connectivity index (χ1n) is 10.4. The fourth-order valence-electron chi connectivity index (χ4n) is 3.88. The minimum Gasteiger partial charge on any atom is -0.348 e. The van der Waals surface area contributed by atoms with Crippen molar-refractivity contribution >= 4 is 22.4 Å². The molecule has 4 rings (SSSR count). The predicted molar refractivity (Wildman–Crippen MR) is 120 cm³/mol. The summed E-state index contributed by atoms with van der Waals surface area (Å²) in [7, 11) is 0. The standard InChI is InChI=1S/C26H26ClFO2/c1-2-3-4-19-16-29-26(30-17-19)22-11-14-24-21(15-22)10-9-20(25(24)28)8-5-18-6-12-23(27)13-7-18/h2,6-7,9-15,19,26H,1,3-5,8,16-17H2. The van der Waals surface area contributed by atoms with Gasteiger partial charge in [0.1, 0.15) is 5.82 Å². The van der Waals surface area contributed by atoms with Crippen LogP contribution in [0.5, 0.6) is 0 Å². The molecule has 1 heterocycles. The molecule has 30 heavy (non-hydrogen) atoms. The van der Waals surface area contributed by atoms with E-state index in [1.54, 1.807) is 0 Å². The van der Waals surface area contributed by atoms with Gasteiger partial charge in [-0.3, -0.25) is 0 Å². The summed E-state index contributed by atoms with van der Waals surface area (Å²) in [5.74, 6) is 0.253. The third-order valence-electron chi connectivity index (χ3n) is 5.67. The Morgan fingerprint density at radius 1 is 1.00 bits per heavy atom. The summed E-state index contributed by atoms with van der Waals surface area (Å²) in [6, 6.07) is 17.3. The van der Waals surface area contributed by atoms with Crippen molar-refractivity contribution in [2.75, 3.05) is 13.2 Å². The van der Waals surface area contributed by atoms with Crippen molar-refractivity contribution in [3.63, 3.8) is 0 Å². The first-order chi connectivity index (χ1) is 14.6. The lowest BCUT2D eigenvalue weighted by molar-refractivity contribution is -0.205. The molecule has 0 aromatic heterocycles. The summed E-state index contributed by atoms with van der Waals surface area (Å²) < 4.78 is 26.9. The maximum Gasteiger partial charge on any atom is 0.183 e. The zero-order chi connectivity index (χ0) is 20.9. The molecule has 1 aliphatic rings. The molecule has 0 spiro atoms. The maximum atomic E-state index is 15.1. The number of hydrogen-bond donors (Lipinski definition) is 0. The zero-order valence-electron chi connectivity index (χ0n) is 17.0. The molecule has 156 valence electrons. The van der Waals surface area contributed by atoms with E-state index in [0.717, 1.165) is 41.3 Å². The summed E-state index contributed by atoms with van der Waals surface area (Å²) >= 11 is 5.93. The van der Waals surface area contributed by atoms with Crippen LogP contribution in [0.4, 0.5) is 4.39 Å². The Hall–Kier alpha value is -2.20. The highest BCUT2D eigenvalue weighted by Gasteiger charge is 2.23. The third-order valence-corrected chi connectivity index (χ3v) is 5.92. The van der Waals surface area contributed by atoms with Crippen LogP contribution in [0.15, 0.2) is 67.3 Å². The average Bonchev–Trinajstić information content (AvgIpc) is 2.78. The van der Waals surface area contributed by atoms with Crippen LogP contribution in [0.2, 0.25) is 5.02 Å². The van der Waals surface area contributed by atoms with Gasteiger partial charge in [-0.2, -0.15) is 0 Å². The average molecular weight is 425 g/mol. The van der Waals surface area contributed by atoms with Crippen LogP contribution in [-0.2, 0) is 22.3 Å². The molecule has 2 nitrogen and oxygen atoms in total. The highest BCUT2D eigenvalue weighted by molar-refractivity contribution is 6.30. The van der Waals surface area contributed by atoms with E-state index in [-0.39, 0.29) is 12.1 Å². The highest BCUT2D eigenvalue weighted by atomic mass is 35.5. The first kappa shape index (κ1) is 21.0. The molecule has 0 N–H and O–H groups in total. The van der Waals surface area contributed by atoms with Gasteiger partial charge < -0.3 is 9.47 Å². The van der Waals surface area contributed by atoms with Gasteiger partial charge in [-0.1, -0.05) is 54.1 Å². The second-order valence-electron chi connectivity index (χ2n) is 7.88. The number of fused-ring (bicyclic) bond motifs is 1. The van der Waals surface area contributed by atoms with Crippen LogP contribution in [-0.4, -0.2) is 13.2 Å². The second kappa shape index (κ2) is 9.74. The number of ether oxygens (including phenoxy) is 2. The van der Waals surface area contributed by atoms with Crippen LogP contribution < -0.4 is 0 Å². The van der Waals surface area contributed by atoms with Crippen LogP contribution in [0.3, 0.4) is 0 Å². The molecule has 0 unspecified atom stereocenters. The summed E-state index contributed by atoms with van der Waals surface area (Å²) in [5, 5.41) is 2.21. The van der Waals surface area contributed by atoms with Gasteiger partial charge in [0.15, 0.2) is 6.29 Å². The van der Waals surface area contributed by atoms with E-state index in [0.29, 0.717) is 36.0 Å². The van der Waals surface area contributed by atoms with E-state index in [2.05, 4.69) is 6.58 Å². The number of rotatable bonds is 7. The van der Waals surface area contributed by atoms with Crippen LogP contribution in [0.1, 0.15) is 35.8 Å². The van der Waals surface area contributed by atoms with E-state index >= 15 is 4.39 Å². The fourth-order valence-corrected chi connectivity index (χ4v) is 4.01. The first-order valence-corrected chi connectivity index (χ1v) is 10.8. The third kappa shape index (κ3) is 4.92. The largest absolute Gasteiger partial charge is 0.348 e. The number of hydrogen-bond acceptors (Lipinski definition) is 2. The van der Waals surface area contributed by atoms with Crippen LogP contribution >= 0.6 is 11.6 Å². The summed E-state index contributed by atoms with van der Waals surface area (Å²) in [6.45, 7) is 5.11. The summed E-state index contributed by atoms with van der Waals surface area (Å²) in [4.78, 5) is 0. The van der Waals surface area contributed by atoms with E-state index in [1.165, 1.54) is 0 Å². The van der Waals surface area contributed by atoms with E-state index in [1.807, 2.05) is 60.7 Å². The van der Waals surface area contributed by atoms with E-state index < -0.39 is 0 Å². The van der Waals surface area contributed by atoms with Gasteiger partial charge in [-0.15, -0.1) is 6.58 Å². The molecule has 1 fully saturated rings. The van der Waals surface area contributed by atoms with Crippen molar-refractivity contribution in [2.45, 2.75) is 32.0 Å². The highest BCUT2D eigenvalue weighted by Crippen LogP contribution is 2.30. The summed E-state index contributed by atoms with van der Waals surface area (Å²) in [5.41, 5.74) is 2.80. The van der Waals surface area contributed by atoms with Gasteiger partial charge >= 0.3 is 0 Å². The molecule has 1 aliphatic heterocycles. The smallest absolute Gasteiger partial charge is 0.183 e. The van der Waals surface area contributed by atoms with Crippen LogP contribution in [0.25, 0.3) is 10.8 Å². The number of benzene rings is 3. The van der Waals surface area contributed by atoms with Crippen molar-refractivity contribution < 1.29 is 13.9 Å². The Balaban J connectivity index is 1.44. The SMILES string of the molecule is C=CCCC1COC(c2ccc3c(F)c(CCc4ccc(Cl)cc4)ccc3c2)OC1. The van der Waals surface area contributed by atoms with Crippen molar-refractivity contribution in [3.8, 4) is 0 Å². The van der Waals surface area contributed by atoms with Gasteiger partial charge in [-0.25, -0.2) is 4.39 Å². The maximum absolute atomic E-state index is 15.1. The topological polar surface area (TPSA) is 18.5 Å². The Morgan fingerprint density at radius 2 is 1.77 bits per heavy atom. The molecule has 0 atom stereocenters. The molecule has 0 bridgehead atoms. The lowest BCUT2D eigenvalue weighted by Gasteiger charge is -2.29. The Kier molecular flexibility index (Phi) is 6.83. The number of allylic oxidation sites excluding steroid dienone is 1. The minimum absolute atomic E-state index is 0.150. The quantitative estimate of drug-likeness (QED) is 0.378. The molecular weight excluding hydrogens is 399 g/mol. The molecule has 0 aliphatic carbocycles. The molecule has 0 amide bonds. The Morgan fingerprint density at radius 3 is 2.50 bits per heavy atom. The Labute approximate surface area is 182 Å². The van der Waals surface area contributed by atoms with Crippen molar-refractivity contribution in [3.05, 3.63) is 94.8 Å². The van der Waals surface area contributed by atoms with Gasteiger partial charge in [0.05, 0.1) is 13.2 Å². The molecule has 3 aromatic carbocycles. The minimum atomic E-state index is -0.387. The van der Waals surface area contributed by atoms with E-state index in [4.69, 9.17) is 21.1 Å². The van der Waals surface area contributed by atoms with Gasteiger partial charge in [0.2, 0.25) is 0 Å². The lowest BCUT2D eigenvalue weighted by Crippen LogP contribution is -2.27. The van der Waals surface area contributed by atoms with Gasteiger partial charge in [0, 0.05) is 21.9 Å². The lowest BCUT2D eigenvalue weighted by atomic mass is 9.98. The van der Waals surface area contributed by atoms with Gasteiger partial charge in [0.25, 0.3) is 0 Å². The fraction of sp³-hybridized carbons (Fsp3) is 0.308. The molecule has 0 radical (unpaired) electrons. The number of halogens is 2. The molecular formula is C26H26ClFO2. The second-order valence-corrected chi connectivity index (χ2v) is 8.31. The molecule has 0 saturated carbocycles. The molecule has 4 heteroatoms. The van der Waals surface area contributed by atoms with Crippen molar-refractivity contribution in [1.29, 1.82) is 0 Å². The van der Waals surface area contributed by atoms with E-state index in [9.17, 15) is 0 Å². The molecule has 1 saturated heterocycles. The monoisotopic (exact) mass is 424 g/mol.